The molecule has 0 aliphatic heterocycles. The average molecular weight is 194 g/mol. The maximum Gasteiger partial charge on any atom is 0.337 e. The summed E-state index contributed by atoms with van der Waals surface area (Å²) in [6, 6.07) is 0. The summed E-state index contributed by atoms with van der Waals surface area (Å²) in [5.74, 6) is -0.194. The fourth-order valence-electron chi connectivity index (χ4n) is 1.74. The lowest BCUT2D eigenvalue weighted by atomic mass is 9.93. The minimum Gasteiger partial charge on any atom is -0.465 e. The fourth-order valence-corrected chi connectivity index (χ4v) is 1.74. The Morgan fingerprint density at radius 1 is 1.57 bits per heavy atom. The van der Waals surface area contributed by atoms with Crippen LogP contribution in [0.4, 0.5) is 0 Å². The SMILES string of the molecule is CCC=C(C(=O)OC)C1=CCCCC1. The molecule has 0 aromatic carbocycles. The molecule has 0 unspecified atom stereocenters. The molecule has 0 fully saturated rings. The van der Waals surface area contributed by atoms with Crippen LogP contribution in [0.2, 0.25) is 0 Å². The summed E-state index contributed by atoms with van der Waals surface area (Å²) in [7, 11) is 1.44. The van der Waals surface area contributed by atoms with Gasteiger partial charge in [-0.15, -0.1) is 0 Å². The van der Waals surface area contributed by atoms with Crippen molar-refractivity contribution in [3.63, 3.8) is 0 Å². The van der Waals surface area contributed by atoms with Crippen molar-refractivity contribution in [2.24, 2.45) is 0 Å². The van der Waals surface area contributed by atoms with Crippen molar-refractivity contribution in [2.75, 3.05) is 7.11 Å². The van der Waals surface area contributed by atoms with E-state index >= 15 is 0 Å². The smallest absolute Gasteiger partial charge is 0.337 e. The predicted molar refractivity (Wildman–Crippen MR) is 56.9 cm³/mol. The van der Waals surface area contributed by atoms with Gasteiger partial charge in [0.1, 0.15) is 0 Å². The van der Waals surface area contributed by atoms with E-state index in [2.05, 4.69) is 6.08 Å². The highest BCUT2D eigenvalue weighted by atomic mass is 16.5. The highest BCUT2D eigenvalue weighted by Crippen LogP contribution is 2.24. The van der Waals surface area contributed by atoms with Gasteiger partial charge in [0.2, 0.25) is 0 Å². The van der Waals surface area contributed by atoms with Gasteiger partial charge >= 0.3 is 5.97 Å². The van der Waals surface area contributed by atoms with Gasteiger partial charge < -0.3 is 4.74 Å². The number of hydrogen-bond donors (Lipinski definition) is 0. The van der Waals surface area contributed by atoms with Crippen LogP contribution in [0.25, 0.3) is 0 Å². The topological polar surface area (TPSA) is 26.3 Å². The molecule has 0 amide bonds. The van der Waals surface area contributed by atoms with Crippen molar-refractivity contribution in [1.82, 2.24) is 0 Å². The van der Waals surface area contributed by atoms with Crippen LogP contribution in [-0.2, 0) is 9.53 Å². The molecule has 0 bridgehead atoms. The van der Waals surface area contributed by atoms with E-state index in [9.17, 15) is 4.79 Å². The third kappa shape index (κ3) is 2.72. The van der Waals surface area contributed by atoms with E-state index in [0.29, 0.717) is 0 Å². The number of ether oxygens (including phenoxy) is 1. The van der Waals surface area contributed by atoms with E-state index in [0.717, 1.165) is 24.8 Å². The molecule has 0 heterocycles. The summed E-state index contributed by atoms with van der Waals surface area (Å²) in [6.07, 6.45) is 9.54. The second-order valence-corrected chi connectivity index (χ2v) is 3.49. The maximum atomic E-state index is 11.5. The Labute approximate surface area is 85.6 Å². The minimum absolute atomic E-state index is 0.194. The van der Waals surface area contributed by atoms with E-state index in [1.165, 1.54) is 25.5 Å². The number of rotatable bonds is 3. The van der Waals surface area contributed by atoms with Crippen molar-refractivity contribution in [2.45, 2.75) is 39.0 Å². The standard InChI is InChI=1S/C12H18O2/c1-3-7-11(12(13)14-2)10-8-5-4-6-9-10/h7-8H,3-6,9H2,1-2H3. The quantitative estimate of drug-likeness (QED) is 0.510. The Balaban J connectivity index is 2.81. The van der Waals surface area contributed by atoms with E-state index in [1.54, 1.807) is 0 Å². The monoisotopic (exact) mass is 194 g/mol. The Morgan fingerprint density at radius 3 is 2.86 bits per heavy atom. The Kier molecular flexibility index (Phi) is 4.44. The van der Waals surface area contributed by atoms with Crippen LogP contribution < -0.4 is 0 Å². The van der Waals surface area contributed by atoms with Gasteiger partial charge in [-0.2, -0.15) is 0 Å². The van der Waals surface area contributed by atoms with Gasteiger partial charge in [0.15, 0.2) is 0 Å². The molecule has 2 nitrogen and oxygen atoms in total. The molecule has 0 saturated heterocycles. The summed E-state index contributed by atoms with van der Waals surface area (Å²) in [4.78, 5) is 11.5. The maximum absolute atomic E-state index is 11.5. The molecule has 0 aromatic heterocycles. The van der Waals surface area contributed by atoms with Crippen molar-refractivity contribution in [3.8, 4) is 0 Å². The van der Waals surface area contributed by atoms with E-state index in [4.69, 9.17) is 4.74 Å². The zero-order valence-electron chi connectivity index (χ0n) is 9.01. The van der Waals surface area contributed by atoms with Crippen LogP contribution in [0.5, 0.6) is 0 Å². The first kappa shape index (κ1) is 11.0. The number of carbonyl (C=O) groups is 1. The molecule has 1 aliphatic carbocycles. The zero-order valence-corrected chi connectivity index (χ0v) is 9.01. The first-order valence-corrected chi connectivity index (χ1v) is 5.27. The summed E-state index contributed by atoms with van der Waals surface area (Å²) < 4.78 is 4.77. The summed E-state index contributed by atoms with van der Waals surface area (Å²) in [5, 5.41) is 0. The van der Waals surface area contributed by atoms with E-state index < -0.39 is 0 Å². The zero-order chi connectivity index (χ0) is 10.4. The normalized spacial score (nSPS) is 17.6. The molecule has 1 rings (SSSR count). The Bertz CT molecular complexity index is 261. The highest BCUT2D eigenvalue weighted by Gasteiger charge is 2.15. The van der Waals surface area contributed by atoms with Crippen LogP contribution in [0.3, 0.4) is 0 Å². The van der Waals surface area contributed by atoms with Crippen molar-refractivity contribution >= 4 is 5.97 Å². The number of carbonyl (C=O) groups excluding carboxylic acids is 1. The largest absolute Gasteiger partial charge is 0.465 e. The van der Waals surface area contributed by atoms with Crippen LogP contribution in [0.1, 0.15) is 39.0 Å². The van der Waals surface area contributed by atoms with Gasteiger partial charge in [-0.25, -0.2) is 4.79 Å². The summed E-state index contributed by atoms with van der Waals surface area (Å²) >= 11 is 0. The number of methoxy groups -OCH3 is 1. The molecule has 2 heteroatoms. The predicted octanol–water partition coefficient (Wildman–Crippen LogP) is 3.00. The molecule has 78 valence electrons. The Morgan fingerprint density at radius 2 is 2.36 bits per heavy atom. The van der Waals surface area contributed by atoms with Crippen LogP contribution in [0, 0.1) is 0 Å². The number of allylic oxidation sites excluding steroid dienone is 2. The van der Waals surface area contributed by atoms with Gasteiger partial charge in [0.05, 0.1) is 12.7 Å². The molecule has 0 radical (unpaired) electrons. The first-order valence-electron chi connectivity index (χ1n) is 5.27. The Hall–Kier alpha value is -1.05. The highest BCUT2D eigenvalue weighted by molar-refractivity contribution is 5.93. The third-order valence-electron chi connectivity index (χ3n) is 2.45. The molecule has 0 saturated carbocycles. The van der Waals surface area contributed by atoms with Gasteiger partial charge in [0, 0.05) is 0 Å². The molecule has 14 heavy (non-hydrogen) atoms. The number of esters is 1. The second kappa shape index (κ2) is 5.63. The van der Waals surface area contributed by atoms with Crippen LogP contribution in [-0.4, -0.2) is 13.1 Å². The molecule has 1 aliphatic rings. The van der Waals surface area contributed by atoms with Crippen LogP contribution in [0.15, 0.2) is 23.3 Å². The average Bonchev–Trinajstić information content (AvgIpc) is 2.26. The second-order valence-electron chi connectivity index (χ2n) is 3.49. The third-order valence-corrected chi connectivity index (χ3v) is 2.45. The van der Waals surface area contributed by atoms with Gasteiger partial charge in [0.25, 0.3) is 0 Å². The molecule has 0 atom stereocenters. The van der Waals surface area contributed by atoms with Crippen molar-refractivity contribution < 1.29 is 9.53 Å². The lowest BCUT2D eigenvalue weighted by molar-refractivity contribution is -0.135. The van der Waals surface area contributed by atoms with Crippen molar-refractivity contribution in [1.29, 1.82) is 0 Å². The van der Waals surface area contributed by atoms with Gasteiger partial charge in [-0.1, -0.05) is 19.1 Å². The van der Waals surface area contributed by atoms with Gasteiger partial charge in [-0.05, 0) is 37.7 Å². The number of hydrogen-bond acceptors (Lipinski definition) is 2. The summed E-state index contributed by atoms with van der Waals surface area (Å²) in [5.41, 5.74) is 1.94. The van der Waals surface area contributed by atoms with E-state index in [-0.39, 0.29) is 5.97 Å². The molecular weight excluding hydrogens is 176 g/mol. The fraction of sp³-hybridized carbons (Fsp3) is 0.583. The van der Waals surface area contributed by atoms with E-state index in [1.807, 2.05) is 13.0 Å². The first-order chi connectivity index (χ1) is 6.79. The molecule has 0 aromatic rings. The lowest BCUT2D eigenvalue weighted by Gasteiger charge is -2.14. The van der Waals surface area contributed by atoms with Crippen molar-refractivity contribution in [3.05, 3.63) is 23.3 Å². The molecular formula is C12H18O2. The summed E-state index contributed by atoms with van der Waals surface area (Å²) in [6.45, 7) is 2.03. The molecule has 0 spiro atoms. The molecule has 0 N–H and O–H groups in total. The van der Waals surface area contributed by atoms with Gasteiger partial charge in [-0.3, -0.25) is 0 Å². The van der Waals surface area contributed by atoms with Crippen LogP contribution >= 0.6 is 0 Å². The minimum atomic E-state index is -0.194. The lowest BCUT2D eigenvalue weighted by Crippen LogP contribution is -2.09.